The van der Waals surface area contributed by atoms with Gasteiger partial charge in [-0.2, -0.15) is 0 Å². The van der Waals surface area contributed by atoms with Crippen LogP contribution in [-0.2, 0) is 6.42 Å². The maximum Gasteiger partial charge on any atom is 0.180 e. The quantitative estimate of drug-likeness (QED) is 0.679. The van der Waals surface area contributed by atoms with Crippen molar-refractivity contribution in [2.24, 2.45) is 0 Å². The molecule has 0 unspecified atom stereocenters. The number of fused-ring (bicyclic) bond motifs is 2. The molecule has 0 aliphatic carbocycles. The summed E-state index contributed by atoms with van der Waals surface area (Å²) in [6.07, 6.45) is 4.16. The molecular weight excluding hydrogens is 255 g/mol. The van der Waals surface area contributed by atoms with Crippen molar-refractivity contribution in [3.8, 4) is 0 Å². The summed E-state index contributed by atoms with van der Waals surface area (Å²) in [7, 11) is 0. The van der Waals surface area contributed by atoms with E-state index >= 15 is 0 Å². The molecule has 0 atom stereocenters. The van der Waals surface area contributed by atoms with Crippen LogP contribution in [0.5, 0.6) is 0 Å². The summed E-state index contributed by atoms with van der Waals surface area (Å²) in [5, 5.41) is 0. The monoisotopic (exact) mass is 266 g/mol. The molecule has 1 aliphatic heterocycles. The van der Waals surface area contributed by atoms with Gasteiger partial charge in [0.15, 0.2) is 5.65 Å². The molecule has 20 heavy (non-hydrogen) atoms. The third-order valence-electron chi connectivity index (χ3n) is 3.54. The Kier molecular flexibility index (Phi) is 2.39. The molecule has 0 spiro atoms. The summed E-state index contributed by atoms with van der Waals surface area (Å²) in [6.45, 7) is 0.803. The maximum absolute atomic E-state index is 13.4. The molecule has 0 fully saturated rings. The van der Waals surface area contributed by atoms with Crippen LogP contribution in [0.2, 0.25) is 0 Å². The molecule has 0 N–H and O–H groups in total. The largest absolute Gasteiger partial charge is 0.326 e. The van der Waals surface area contributed by atoms with Crippen LogP contribution < -0.4 is 4.90 Å². The lowest BCUT2D eigenvalue weighted by Crippen LogP contribution is -2.15. The Bertz CT molecular complexity index is 803. The topological polar surface area (TPSA) is 41.9 Å². The zero-order valence-electron chi connectivity index (χ0n) is 10.6. The molecular formula is C15H11FN4. The van der Waals surface area contributed by atoms with E-state index in [-0.39, 0.29) is 5.82 Å². The van der Waals surface area contributed by atoms with E-state index in [0.717, 1.165) is 35.6 Å². The predicted octanol–water partition coefficient (Wildman–Crippen LogP) is 2.86. The van der Waals surface area contributed by atoms with Crippen molar-refractivity contribution >= 4 is 22.7 Å². The zero-order valence-corrected chi connectivity index (χ0v) is 10.6. The van der Waals surface area contributed by atoms with E-state index in [2.05, 4.69) is 15.0 Å². The van der Waals surface area contributed by atoms with Gasteiger partial charge in [0, 0.05) is 24.6 Å². The van der Waals surface area contributed by atoms with Crippen molar-refractivity contribution < 1.29 is 4.39 Å². The number of pyridine rings is 1. The van der Waals surface area contributed by atoms with Gasteiger partial charge in [-0.05, 0) is 36.2 Å². The minimum absolute atomic E-state index is 0.226. The molecule has 0 saturated carbocycles. The van der Waals surface area contributed by atoms with E-state index in [0.29, 0.717) is 5.65 Å². The highest BCUT2D eigenvalue weighted by molar-refractivity contribution is 5.75. The SMILES string of the molecule is Fc1ccc2c(c1)N(c1ccc3nccnc3n1)CC2. The number of anilines is 2. The van der Waals surface area contributed by atoms with Gasteiger partial charge in [0.05, 0.1) is 0 Å². The summed E-state index contributed by atoms with van der Waals surface area (Å²) in [5.41, 5.74) is 3.40. The first kappa shape index (κ1) is 11.3. The Hall–Kier alpha value is -2.56. The minimum atomic E-state index is -0.226. The van der Waals surface area contributed by atoms with Crippen molar-refractivity contribution in [3.63, 3.8) is 0 Å². The average Bonchev–Trinajstić information content (AvgIpc) is 2.89. The van der Waals surface area contributed by atoms with E-state index in [9.17, 15) is 4.39 Å². The normalized spacial score (nSPS) is 13.8. The molecule has 4 nitrogen and oxygen atoms in total. The van der Waals surface area contributed by atoms with E-state index in [1.54, 1.807) is 18.5 Å². The number of nitrogens with zero attached hydrogens (tertiary/aromatic N) is 4. The molecule has 0 saturated heterocycles. The Morgan fingerprint density at radius 1 is 1.05 bits per heavy atom. The lowest BCUT2D eigenvalue weighted by atomic mass is 10.2. The van der Waals surface area contributed by atoms with Crippen LogP contribution in [0.1, 0.15) is 5.56 Å². The Labute approximate surface area is 114 Å². The first-order valence-corrected chi connectivity index (χ1v) is 6.45. The van der Waals surface area contributed by atoms with Gasteiger partial charge in [0.25, 0.3) is 0 Å². The molecule has 0 amide bonds. The van der Waals surface area contributed by atoms with Gasteiger partial charge in [-0.3, -0.25) is 4.98 Å². The fraction of sp³-hybridized carbons (Fsp3) is 0.133. The van der Waals surface area contributed by atoms with E-state index in [1.165, 1.54) is 6.07 Å². The number of hydrogen-bond acceptors (Lipinski definition) is 4. The van der Waals surface area contributed by atoms with Crippen LogP contribution in [0.4, 0.5) is 15.9 Å². The molecule has 4 rings (SSSR count). The highest BCUT2D eigenvalue weighted by Gasteiger charge is 2.22. The van der Waals surface area contributed by atoms with Crippen LogP contribution in [0, 0.1) is 5.82 Å². The minimum Gasteiger partial charge on any atom is -0.326 e. The van der Waals surface area contributed by atoms with E-state index in [4.69, 9.17) is 0 Å². The lowest BCUT2D eigenvalue weighted by Gasteiger charge is -2.18. The molecule has 98 valence electrons. The molecule has 1 aromatic carbocycles. The third-order valence-corrected chi connectivity index (χ3v) is 3.54. The van der Waals surface area contributed by atoms with Gasteiger partial charge in [0.2, 0.25) is 0 Å². The van der Waals surface area contributed by atoms with Gasteiger partial charge in [0.1, 0.15) is 17.2 Å². The molecule has 0 bridgehead atoms. The van der Waals surface area contributed by atoms with Gasteiger partial charge in [-0.15, -0.1) is 0 Å². The Morgan fingerprint density at radius 2 is 1.95 bits per heavy atom. The number of rotatable bonds is 1. The summed E-state index contributed by atoms with van der Waals surface area (Å²) in [6, 6.07) is 8.69. The molecule has 3 heterocycles. The van der Waals surface area contributed by atoms with Gasteiger partial charge in [-0.1, -0.05) is 6.07 Å². The second kappa shape index (κ2) is 4.23. The lowest BCUT2D eigenvalue weighted by molar-refractivity contribution is 0.628. The Morgan fingerprint density at radius 3 is 2.90 bits per heavy atom. The first-order chi connectivity index (χ1) is 9.81. The number of aromatic nitrogens is 3. The highest BCUT2D eigenvalue weighted by atomic mass is 19.1. The zero-order chi connectivity index (χ0) is 13.5. The fourth-order valence-electron chi connectivity index (χ4n) is 2.59. The average molecular weight is 266 g/mol. The Balaban J connectivity index is 1.83. The van der Waals surface area contributed by atoms with Gasteiger partial charge >= 0.3 is 0 Å². The van der Waals surface area contributed by atoms with Crippen LogP contribution in [-0.4, -0.2) is 21.5 Å². The molecule has 2 aromatic heterocycles. The van der Waals surface area contributed by atoms with E-state index < -0.39 is 0 Å². The number of halogens is 1. The van der Waals surface area contributed by atoms with Crippen molar-refractivity contribution in [2.75, 3.05) is 11.4 Å². The number of benzene rings is 1. The third kappa shape index (κ3) is 1.71. The van der Waals surface area contributed by atoms with Crippen LogP contribution >= 0.6 is 0 Å². The fourth-order valence-corrected chi connectivity index (χ4v) is 2.59. The van der Waals surface area contributed by atoms with Crippen molar-refractivity contribution in [3.05, 3.63) is 54.1 Å². The molecule has 0 radical (unpaired) electrons. The van der Waals surface area contributed by atoms with Crippen LogP contribution in [0.3, 0.4) is 0 Å². The maximum atomic E-state index is 13.4. The highest BCUT2D eigenvalue weighted by Crippen LogP contribution is 2.34. The predicted molar refractivity (Wildman–Crippen MR) is 74.4 cm³/mol. The summed E-state index contributed by atoms with van der Waals surface area (Å²) in [4.78, 5) is 15.0. The summed E-state index contributed by atoms with van der Waals surface area (Å²) < 4.78 is 13.4. The summed E-state index contributed by atoms with van der Waals surface area (Å²) >= 11 is 0. The molecule has 1 aliphatic rings. The number of hydrogen-bond donors (Lipinski definition) is 0. The van der Waals surface area contributed by atoms with Gasteiger partial charge in [-0.25, -0.2) is 14.4 Å². The molecule has 5 heteroatoms. The van der Waals surface area contributed by atoms with Crippen molar-refractivity contribution in [1.82, 2.24) is 15.0 Å². The van der Waals surface area contributed by atoms with E-state index in [1.807, 2.05) is 23.1 Å². The van der Waals surface area contributed by atoms with Crippen LogP contribution in [0.15, 0.2) is 42.7 Å². The van der Waals surface area contributed by atoms with Gasteiger partial charge < -0.3 is 4.90 Å². The summed E-state index contributed by atoms with van der Waals surface area (Å²) in [5.74, 6) is 0.554. The second-order valence-electron chi connectivity index (χ2n) is 4.74. The first-order valence-electron chi connectivity index (χ1n) is 6.45. The van der Waals surface area contributed by atoms with Crippen molar-refractivity contribution in [1.29, 1.82) is 0 Å². The standard InChI is InChI=1S/C15H11FN4/c16-11-2-1-10-5-8-20(13(10)9-11)14-4-3-12-15(19-14)18-7-6-17-12/h1-4,6-7,9H,5,8H2. The van der Waals surface area contributed by atoms with Crippen LogP contribution in [0.25, 0.3) is 11.2 Å². The molecule has 3 aromatic rings. The smallest absolute Gasteiger partial charge is 0.180 e. The van der Waals surface area contributed by atoms with Crippen molar-refractivity contribution in [2.45, 2.75) is 6.42 Å². The second-order valence-corrected chi connectivity index (χ2v) is 4.74.